The maximum absolute atomic E-state index is 9.59. The number of nitrogens with zero attached hydrogens (tertiary/aromatic N) is 3. The molecule has 0 aliphatic rings. The zero-order valence-electron chi connectivity index (χ0n) is 9.84. The van der Waals surface area contributed by atoms with Gasteiger partial charge in [0.05, 0.1) is 15.2 Å². The fourth-order valence-corrected chi connectivity index (χ4v) is 3.24. The van der Waals surface area contributed by atoms with E-state index in [1.54, 1.807) is 18.3 Å². The Morgan fingerprint density at radius 3 is 2.53 bits per heavy atom. The van der Waals surface area contributed by atoms with Crippen LogP contribution in [-0.2, 0) is 0 Å². The van der Waals surface area contributed by atoms with Crippen molar-refractivity contribution >= 4 is 49.4 Å². The molecule has 0 saturated carbocycles. The standard InChI is InChI=1S/C11H10Br2N4OS/c1-6-5-19-11(17(6)14)16-15-4-7-2-8(12)10(18)9(13)3-7/h2-5,18H,14H2,1H3. The van der Waals surface area contributed by atoms with E-state index in [1.807, 2.05) is 12.3 Å². The second-order valence-electron chi connectivity index (χ2n) is 3.71. The molecule has 2 aromatic rings. The van der Waals surface area contributed by atoms with E-state index in [0.717, 1.165) is 11.3 Å². The summed E-state index contributed by atoms with van der Waals surface area (Å²) in [5.74, 6) is 5.92. The summed E-state index contributed by atoms with van der Waals surface area (Å²) < 4.78 is 2.65. The van der Waals surface area contributed by atoms with E-state index in [1.165, 1.54) is 16.0 Å². The zero-order chi connectivity index (χ0) is 14.0. The van der Waals surface area contributed by atoms with Crippen molar-refractivity contribution in [2.24, 2.45) is 10.2 Å². The quantitative estimate of drug-likeness (QED) is 0.457. The monoisotopic (exact) mass is 404 g/mol. The average molecular weight is 406 g/mol. The smallest absolute Gasteiger partial charge is 0.229 e. The van der Waals surface area contributed by atoms with Crippen molar-refractivity contribution in [3.63, 3.8) is 0 Å². The van der Waals surface area contributed by atoms with Crippen LogP contribution < -0.4 is 10.6 Å². The van der Waals surface area contributed by atoms with Gasteiger partial charge in [-0.1, -0.05) is 0 Å². The molecule has 8 heteroatoms. The summed E-state index contributed by atoms with van der Waals surface area (Å²) in [6, 6.07) is 3.49. The first-order chi connectivity index (χ1) is 8.99. The molecule has 1 aromatic heterocycles. The Labute approximate surface area is 130 Å². The highest BCUT2D eigenvalue weighted by Crippen LogP contribution is 2.32. The molecule has 0 atom stereocenters. The number of nitrogens with two attached hydrogens (primary N) is 1. The van der Waals surface area contributed by atoms with Crippen molar-refractivity contribution < 1.29 is 5.11 Å². The number of aromatic nitrogens is 1. The Kier molecular flexibility index (Phi) is 4.43. The molecular formula is C11H10Br2N4OS. The van der Waals surface area contributed by atoms with Gasteiger partial charge < -0.3 is 10.9 Å². The molecule has 0 unspecified atom stereocenters. The lowest BCUT2D eigenvalue weighted by Crippen LogP contribution is -2.23. The van der Waals surface area contributed by atoms with Crippen LogP contribution in [0.2, 0.25) is 0 Å². The van der Waals surface area contributed by atoms with E-state index in [-0.39, 0.29) is 5.75 Å². The third kappa shape index (κ3) is 3.26. The fourth-order valence-electron chi connectivity index (χ4n) is 1.28. The molecule has 0 amide bonds. The molecule has 2 rings (SSSR count). The number of nitrogen functional groups attached to an aromatic ring is 1. The van der Waals surface area contributed by atoms with Crippen LogP contribution in [0.4, 0.5) is 0 Å². The molecule has 19 heavy (non-hydrogen) atoms. The van der Waals surface area contributed by atoms with Gasteiger partial charge in [-0.3, -0.25) is 0 Å². The lowest BCUT2D eigenvalue weighted by Gasteiger charge is -2.01. The molecular weight excluding hydrogens is 396 g/mol. The van der Waals surface area contributed by atoms with Crippen molar-refractivity contribution in [3.05, 3.63) is 42.5 Å². The second kappa shape index (κ2) is 5.89. The second-order valence-corrected chi connectivity index (χ2v) is 6.25. The van der Waals surface area contributed by atoms with Gasteiger partial charge >= 0.3 is 0 Å². The van der Waals surface area contributed by atoms with Crippen LogP contribution in [0, 0.1) is 6.92 Å². The summed E-state index contributed by atoms with van der Waals surface area (Å²) in [6.45, 7) is 1.90. The third-order valence-electron chi connectivity index (χ3n) is 2.31. The molecule has 1 heterocycles. The van der Waals surface area contributed by atoms with Crippen LogP contribution in [-0.4, -0.2) is 16.0 Å². The van der Waals surface area contributed by atoms with Gasteiger partial charge in [0.1, 0.15) is 5.75 Å². The largest absolute Gasteiger partial charge is 0.506 e. The topological polar surface area (TPSA) is 75.9 Å². The van der Waals surface area contributed by atoms with Gasteiger partial charge in [-0.2, -0.15) is 5.10 Å². The Morgan fingerprint density at radius 2 is 2.00 bits per heavy atom. The molecule has 100 valence electrons. The number of hydrogen-bond acceptors (Lipinski definition) is 5. The Hall–Kier alpha value is -1.12. The molecule has 0 fully saturated rings. The van der Waals surface area contributed by atoms with Gasteiger partial charge in [0, 0.05) is 11.1 Å². The molecule has 5 nitrogen and oxygen atoms in total. The van der Waals surface area contributed by atoms with Gasteiger partial charge in [0.2, 0.25) is 4.80 Å². The Balaban J connectivity index is 2.29. The van der Waals surface area contributed by atoms with Crippen molar-refractivity contribution in [1.29, 1.82) is 0 Å². The highest BCUT2D eigenvalue weighted by Gasteiger charge is 2.04. The number of phenolic OH excluding ortho intramolecular Hbond substituents is 1. The summed E-state index contributed by atoms with van der Waals surface area (Å²) in [5, 5.41) is 19.5. The van der Waals surface area contributed by atoms with Gasteiger partial charge in [-0.05, 0) is 56.5 Å². The van der Waals surface area contributed by atoms with Crippen molar-refractivity contribution in [1.82, 2.24) is 4.68 Å². The zero-order valence-corrected chi connectivity index (χ0v) is 13.8. The lowest BCUT2D eigenvalue weighted by molar-refractivity contribution is 0.468. The van der Waals surface area contributed by atoms with Crippen LogP contribution in [0.3, 0.4) is 0 Å². The molecule has 0 spiro atoms. The van der Waals surface area contributed by atoms with Crippen LogP contribution in [0.1, 0.15) is 11.3 Å². The normalized spacial score (nSPS) is 12.5. The maximum Gasteiger partial charge on any atom is 0.229 e. The summed E-state index contributed by atoms with van der Waals surface area (Å²) in [7, 11) is 0. The number of phenols is 1. The van der Waals surface area contributed by atoms with Crippen LogP contribution >= 0.6 is 43.2 Å². The van der Waals surface area contributed by atoms with Gasteiger partial charge in [-0.15, -0.1) is 16.4 Å². The average Bonchev–Trinajstić information content (AvgIpc) is 2.68. The van der Waals surface area contributed by atoms with Gasteiger partial charge in [-0.25, -0.2) is 4.68 Å². The minimum atomic E-state index is 0.155. The van der Waals surface area contributed by atoms with Crippen molar-refractivity contribution in [2.75, 3.05) is 5.84 Å². The number of benzene rings is 1. The third-order valence-corrected chi connectivity index (χ3v) is 4.47. The Morgan fingerprint density at radius 1 is 1.37 bits per heavy atom. The number of aromatic hydroxyl groups is 1. The fraction of sp³-hybridized carbons (Fsp3) is 0.0909. The number of rotatable bonds is 2. The minimum absolute atomic E-state index is 0.155. The first kappa shape index (κ1) is 14.3. The van der Waals surface area contributed by atoms with Crippen LogP contribution in [0.15, 0.2) is 36.7 Å². The molecule has 0 radical (unpaired) electrons. The number of hydrogen-bond donors (Lipinski definition) is 2. The van der Waals surface area contributed by atoms with E-state index >= 15 is 0 Å². The van der Waals surface area contributed by atoms with Gasteiger partial charge in [0.15, 0.2) is 0 Å². The minimum Gasteiger partial charge on any atom is -0.506 e. The van der Waals surface area contributed by atoms with Crippen LogP contribution in [0.25, 0.3) is 0 Å². The van der Waals surface area contributed by atoms with E-state index in [4.69, 9.17) is 5.84 Å². The van der Waals surface area contributed by atoms with E-state index in [2.05, 4.69) is 42.1 Å². The molecule has 0 bridgehead atoms. The highest BCUT2D eigenvalue weighted by molar-refractivity contribution is 9.11. The molecule has 1 aromatic carbocycles. The summed E-state index contributed by atoms with van der Waals surface area (Å²) in [4.78, 5) is 0.616. The lowest BCUT2D eigenvalue weighted by atomic mass is 10.2. The Bertz CT molecular complexity index is 682. The molecule has 0 aliphatic heterocycles. The summed E-state index contributed by atoms with van der Waals surface area (Å²) in [5.41, 5.74) is 1.73. The first-order valence-corrected chi connectivity index (χ1v) is 7.63. The number of aryl methyl sites for hydroxylation is 1. The predicted octanol–water partition coefficient (Wildman–Crippen LogP) is 2.74. The SMILES string of the molecule is Cc1csc(=NN=Cc2cc(Br)c(O)c(Br)c2)n1N. The predicted molar refractivity (Wildman–Crippen MR) is 83.9 cm³/mol. The van der Waals surface area contributed by atoms with E-state index in [9.17, 15) is 5.11 Å². The summed E-state index contributed by atoms with van der Waals surface area (Å²) >= 11 is 7.93. The highest BCUT2D eigenvalue weighted by atomic mass is 79.9. The summed E-state index contributed by atoms with van der Waals surface area (Å²) in [6.07, 6.45) is 1.59. The molecule has 3 N–H and O–H groups in total. The van der Waals surface area contributed by atoms with Crippen LogP contribution in [0.5, 0.6) is 5.75 Å². The van der Waals surface area contributed by atoms with Crippen molar-refractivity contribution in [2.45, 2.75) is 6.92 Å². The van der Waals surface area contributed by atoms with Gasteiger partial charge in [0.25, 0.3) is 0 Å². The molecule has 0 aliphatic carbocycles. The van der Waals surface area contributed by atoms with E-state index < -0.39 is 0 Å². The maximum atomic E-state index is 9.59. The van der Waals surface area contributed by atoms with E-state index in [0.29, 0.717) is 13.7 Å². The number of halogens is 2. The van der Waals surface area contributed by atoms with Crippen molar-refractivity contribution in [3.8, 4) is 5.75 Å². The molecule has 0 saturated heterocycles. The first-order valence-electron chi connectivity index (χ1n) is 5.16. The number of thiazole rings is 1.